The first-order valence-electron chi connectivity index (χ1n) is 26.7. The van der Waals surface area contributed by atoms with Crippen LogP contribution in [0.4, 0.5) is 0 Å². The Morgan fingerprint density at radius 2 is 1.11 bits per heavy atom. The molecule has 7 amide bonds. The van der Waals surface area contributed by atoms with E-state index in [1.807, 2.05) is 18.1 Å². The number of nitrogens with zero attached hydrogens (tertiary/aromatic N) is 1. The minimum absolute atomic E-state index is 0.0334. The average Bonchev–Trinajstić information content (AvgIpc) is 3.79. The van der Waals surface area contributed by atoms with Gasteiger partial charge in [0.1, 0.15) is 17.8 Å². The number of carboxylic acids is 1. The number of hydrogen-bond acceptors (Lipinski definition) is 13. The zero-order valence-electron chi connectivity index (χ0n) is 43.7. The van der Waals surface area contributed by atoms with Crippen LogP contribution in [0.5, 0.6) is 0 Å². The molecule has 72 heavy (non-hydrogen) atoms. The van der Waals surface area contributed by atoms with Crippen molar-refractivity contribution in [2.24, 2.45) is 5.73 Å². The van der Waals surface area contributed by atoms with E-state index in [1.54, 1.807) is 0 Å². The number of unbranched alkanes of at least 4 members (excludes halogenated alkanes) is 15. The van der Waals surface area contributed by atoms with Gasteiger partial charge in [0.25, 0.3) is 0 Å². The van der Waals surface area contributed by atoms with Crippen LogP contribution in [0.15, 0.2) is 24.2 Å². The Morgan fingerprint density at radius 3 is 1.65 bits per heavy atom. The fourth-order valence-corrected chi connectivity index (χ4v) is 8.00. The second-order valence-corrected chi connectivity index (χ2v) is 18.6. The summed E-state index contributed by atoms with van der Waals surface area (Å²) in [6.07, 6.45) is 22.1. The summed E-state index contributed by atoms with van der Waals surface area (Å²) in [5.41, 5.74) is 12.2. The van der Waals surface area contributed by atoms with E-state index in [0.29, 0.717) is 97.2 Å². The van der Waals surface area contributed by atoms with Gasteiger partial charge in [0, 0.05) is 83.7 Å². The molecule has 1 heterocycles. The highest BCUT2D eigenvalue weighted by Crippen LogP contribution is 2.15. The highest BCUT2D eigenvalue weighted by atomic mass is 16.5. The second-order valence-electron chi connectivity index (χ2n) is 18.6. The average molecular weight is 1020 g/mol. The number of hydrogen-bond donors (Lipinski definition) is 11. The van der Waals surface area contributed by atoms with Gasteiger partial charge in [-0.3, -0.25) is 43.4 Å². The monoisotopic (exact) mass is 1020 g/mol. The lowest BCUT2D eigenvalue weighted by Gasteiger charge is -2.23. The van der Waals surface area contributed by atoms with Crippen LogP contribution < -0.4 is 48.6 Å². The van der Waals surface area contributed by atoms with Crippen molar-refractivity contribution in [1.29, 1.82) is 0 Å². The first kappa shape index (κ1) is 64.6. The van der Waals surface area contributed by atoms with E-state index in [2.05, 4.69) is 49.4 Å². The van der Waals surface area contributed by atoms with Gasteiger partial charge >= 0.3 is 5.97 Å². The SMILES string of the molecule is C=C(O)C(CCC(=O)NCCOCC)NC(=O)[C@H](CCCCNC(=O)CCCN1C=C(CCC(=O)NCCCC[C@H](NC(C)=O)C(N)=O)NN1)NC(=O)CCCCCCCCCCCCCCCCC(=O)O. The molecule has 1 unspecified atom stereocenters. The minimum Gasteiger partial charge on any atom is -0.511 e. The molecular formula is C51H92N10O11. The maximum absolute atomic E-state index is 13.6. The van der Waals surface area contributed by atoms with Gasteiger partial charge in [-0.2, -0.15) is 0 Å². The first-order valence-corrected chi connectivity index (χ1v) is 26.7. The van der Waals surface area contributed by atoms with Crippen LogP contribution in [0, 0.1) is 0 Å². The molecular weight excluding hydrogens is 929 g/mol. The summed E-state index contributed by atoms with van der Waals surface area (Å²) in [6, 6.07) is -2.51. The number of allylic oxidation sites excluding steroid dienone is 1. The van der Waals surface area contributed by atoms with Crippen LogP contribution >= 0.6 is 0 Å². The summed E-state index contributed by atoms with van der Waals surface area (Å²) in [7, 11) is 0. The van der Waals surface area contributed by atoms with Gasteiger partial charge < -0.3 is 58.0 Å². The topological polar surface area (TPSA) is 312 Å². The summed E-state index contributed by atoms with van der Waals surface area (Å²) in [6.45, 7) is 9.39. The molecule has 0 fully saturated rings. The highest BCUT2D eigenvalue weighted by molar-refractivity contribution is 5.88. The highest BCUT2D eigenvalue weighted by Gasteiger charge is 2.25. The zero-order valence-corrected chi connectivity index (χ0v) is 43.7. The predicted octanol–water partition coefficient (Wildman–Crippen LogP) is 4.58. The molecule has 0 saturated heterocycles. The molecule has 0 bridgehead atoms. The summed E-state index contributed by atoms with van der Waals surface area (Å²) >= 11 is 0. The number of rotatable bonds is 47. The fraction of sp³-hybridized carbons (Fsp3) is 0.765. The molecule has 21 nitrogen and oxygen atoms in total. The fourth-order valence-electron chi connectivity index (χ4n) is 8.00. The van der Waals surface area contributed by atoms with E-state index in [-0.39, 0.29) is 73.8 Å². The van der Waals surface area contributed by atoms with Crippen LogP contribution in [0.3, 0.4) is 0 Å². The number of hydrazine groups is 2. The number of primary amides is 1. The van der Waals surface area contributed by atoms with Gasteiger partial charge in [0.2, 0.25) is 41.4 Å². The van der Waals surface area contributed by atoms with Gasteiger partial charge in [-0.15, -0.1) is 5.53 Å². The van der Waals surface area contributed by atoms with E-state index in [9.17, 15) is 43.5 Å². The molecule has 1 rings (SSSR count). The van der Waals surface area contributed by atoms with Crippen LogP contribution in [-0.2, 0) is 43.1 Å². The summed E-state index contributed by atoms with van der Waals surface area (Å²) in [5.74, 6) is -3.15. The number of carbonyl (C=O) groups is 8. The minimum atomic E-state index is -0.895. The molecule has 0 spiro atoms. The van der Waals surface area contributed by atoms with Crippen LogP contribution in [0.1, 0.15) is 194 Å². The van der Waals surface area contributed by atoms with Gasteiger partial charge in [0.05, 0.1) is 12.6 Å². The summed E-state index contributed by atoms with van der Waals surface area (Å²) in [5, 5.41) is 37.5. The van der Waals surface area contributed by atoms with Crippen molar-refractivity contribution >= 4 is 47.3 Å². The Kier molecular flexibility index (Phi) is 37.8. The molecule has 0 saturated carbocycles. The van der Waals surface area contributed by atoms with E-state index in [4.69, 9.17) is 15.6 Å². The smallest absolute Gasteiger partial charge is 0.303 e. The first-order chi connectivity index (χ1) is 34.6. The molecule has 21 heteroatoms. The molecule has 412 valence electrons. The maximum Gasteiger partial charge on any atom is 0.303 e. The van der Waals surface area contributed by atoms with Crippen molar-refractivity contribution in [3.05, 3.63) is 24.2 Å². The number of nitrogens with one attached hydrogen (secondary N) is 8. The number of aliphatic hydroxyl groups excluding tert-OH is 1. The number of amides is 7. The van der Waals surface area contributed by atoms with Gasteiger partial charge in [-0.1, -0.05) is 83.6 Å². The van der Waals surface area contributed by atoms with Crippen molar-refractivity contribution in [1.82, 2.24) is 47.9 Å². The number of nitrogens with two attached hydrogens (primary N) is 1. The molecule has 1 aliphatic rings. The van der Waals surface area contributed by atoms with Crippen LogP contribution in [0.2, 0.25) is 0 Å². The Balaban J connectivity index is 2.46. The van der Waals surface area contributed by atoms with Crippen molar-refractivity contribution in [2.75, 3.05) is 39.4 Å². The molecule has 0 aromatic heterocycles. The Hall–Kier alpha value is -5.44. The van der Waals surface area contributed by atoms with Crippen LogP contribution in [-0.4, -0.2) is 120 Å². The molecule has 0 radical (unpaired) electrons. The third-order valence-electron chi connectivity index (χ3n) is 12.1. The number of carboxylic acid groups (broad SMARTS) is 1. The van der Waals surface area contributed by atoms with E-state index < -0.39 is 35.9 Å². The Morgan fingerprint density at radius 1 is 0.597 bits per heavy atom. The lowest BCUT2D eigenvalue weighted by molar-refractivity contribution is -0.137. The normalized spacial score (nSPS) is 13.2. The van der Waals surface area contributed by atoms with E-state index in [1.165, 1.54) is 45.4 Å². The third-order valence-corrected chi connectivity index (χ3v) is 12.1. The van der Waals surface area contributed by atoms with Gasteiger partial charge in [-0.05, 0) is 77.6 Å². The zero-order chi connectivity index (χ0) is 53.2. The lowest BCUT2D eigenvalue weighted by atomic mass is 10.0. The molecule has 0 aromatic carbocycles. The quantitative estimate of drug-likeness (QED) is 0.0294. The number of aliphatic hydroxyl groups is 1. The van der Waals surface area contributed by atoms with Gasteiger partial charge in [0.15, 0.2) is 0 Å². The molecule has 12 N–H and O–H groups in total. The van der Waals surface area contributed by atoms with Crippen molar-refractivity contribution in [2.45, 2.75) is 212 Å². The second kappa shape index (κ2) is 42.1. The van der Waals surface area contributed by atoms with E-state index >= 15 is 0 Å². The van der Waals surface area contributed by atoms with Crippen LogP contribution in [0.25, 0.3) is 0 Å². The number of ether oxygens (including phenoxy) is 1. The third kappa shape index (κ3) is 36.5. The van der Waals surface area contributed by atoms with E-state index in [0.717, 1.165) is 50.6 Å². The molecule has 0 aromatic rings. The Labute approximate surface area is 428 Å². The molecule has 3 atom stereocenters. The molecule has 0 aliphatic carbocycles. The summed E-state index contributed by atoms with van der Waals surface area (Å²) < 4.78 is 5.25. The Bertz CT molecular complexity index is 1650. The van der Waals surface area contributed by atoms with Crippen molar-refractivity contribution in [3.63, 3.8) is 0 Å². The standard InChI is InChI=1S/C51H92N10O11/c1-4-72-37-35-55-47(66)32-30-42(39(2)62)58-51(71)44(57-48(67)26-17-15-13-11-9-7-5-6-8-10-12-14-16-18-28-49(68)69)25-20-22-33-53-45(64)27-23-36-61-38-41(59-60-61)29-31-46(65)54-34-21-19-24-43(50(52)70)56-40(3)63/h38,42-44,59-60,62H,2,4-37H2,1,3H3,(H2,52,70)(H,53,64)(H,54,65)(H,55,66)(H,56,63)(H,57,67)(H,58,71)(H,68,69)/t42?,43-,44-/m0/s1. The maximum atomic E-state index is 13.6. The predicted molar refractivity (Wildman–Crippen MR) is 276 cm³/mol. The largest absolute Gasteiger partial charge is 0.511 e. The number of carbonyl (C=O) groups excluding carboxylic acids is 7. The molecule has 1 aliphatic heterocycles. The van der Waals surface area contributed by atoms with Crippen molar-refractivity contribution < 1.29 is 53.3 Å². The summed E-state index contributed by atoms with van der Waals surface area (Å²) in [4.78, 5) is 97.3. The van der Waals surface area contributed by atoms with Gasteiger partial charge in [-0.25, -0.2) is 0 Å². The number of aliphatic carboxylic acids is 1. The lowest BCUT2D eigenvalue weighted by Crippen LogP contribution is -2.50. The van der Waals surface area contributed by atoms with Crippen molar-refractivity contribution in [3.8, 4) is 0 Å².